The maximum Gasteiger partial charge on any atom is 0.328 e. The number of benzene rings is 1. The zero-order valence-corrected chi connectivity index (χ0v) is 10.6. The van der Waals surface area contributed by atoms with Gasteiger partial charge in [-0.15, -0.1) is 0 Å². The highest BCUT2D eigenvalue weighted by Gasteiger charge is 2.23. The van der Waals surface area contributed by atoms with Gasteiger partial charge in [-0.2, -0.15) is 0 Å². The number of carbonyl (C=O) groups is 2. The number of ether oxygens (including phenoxy) is 1. The smallest absolute Gasteiger partial charge is 0.328 e. The summed E-state index contributed by atoms with van der Waals surface area (Å²) < 4.78 is 4.67. The molecule has 0 spiro atoms. The topological polar surface area (TPSA) is 81.4 Å². The van der Waals surface area contributed by atoms with Crippen LogP contribution in [0.1, 0.15) is 12.5 Å². The molecule has 0 radical (unpaired) electrons. The van der Waals surface area contributed by atoms with Crippen LogP contribution in [0.4, 0.5) is 0 Å². The molecule has 0 bridgehead atoms. The number of amides is 1. The van der Waals surface area contributed by atoms with Crippen molar-refractivity contribution in [3.05, 3.63) is 35.9 Å². The largest absolute Gasteiger partial charge is 0.467 e. The van der Waals surface area contributed by atoms with Crippen molar-refractivity contribution in [2.45, 2.75) is 25.4 Å². The van der Waals surface area contributed by atoms with Crippen molar-refractivity contribution in [2.24, 2.45) is 5.73 Å². The van der Waals surface area contributed by atoms with E-state index in [9.17, 15) is 9.59 Å². The Morgan fingerprint density at radius 1 is 1.33 bits per heavy atom. The molecule has 0 heterocycles. The van der Waals surface area contributed by atoms with Crippen LogP contribution >= 0.6 is 0 Å². The first-order chi connectivity index (χ1) is 8.54. The molecular weight excluding hydrogens is 232 g/mol. The summed E-state index contributed by atoms with van der Waals surface area (Å²) in [4.78, 5) is 23.1. The predicted octanol–water partition coefficient (Wildman–Crippen LogP) is 0.234. The summed E-state index contributed by atoms with van der Waals surface area (Å²) in [7, 11) is 1.29. The molecule has 18 heavy (non-hydrogen) atoms. The monoisotopic (exact) mass is 250 g/mol. The Morgan fingerprint density at radius 3 is 2.44 bits per heavy atom. The summed E-state index contributed by atoms with van der Waals surface area (Å²) in [5.41, 5.74) is 6.40. The number of rotatable bonds is 5. The van der Waals surface area contributed by atoms with Crippen molar-refractivity contribution in [1.82, 2.24) is 5.32 Å². The second kappa shape index (κ2) is 6.76. The van der Waals surface area contributed by atoms with Crippen LogP contribution in [0.3, 0.4) is 0 Å². The van der Waals surface area contributed by atoms with E-state index in [4.69, 9.17) is 5.73 Å². The Labute approximate surface area is 106 Å². The number of carbonyl (C=O) groups excluding carboxylic acids is 2. The van der Waals surface area contributed by atoms with Gasteiger partial charge in [-0.3, -0.25) is 4.79 Å². The second-order valence-corrected chi connectivity index (χ2v) is 4.06. The molecule has 5 heteroatoms. The summed E-state index contributed by atoms with van der Waals surface area (Å²) in [6.07, 6.45) is 0.381. The van der Waals surface area contributed by atoms with Crippen LogP contribution in [-0.2, 0) is 20.7 Å². The molecule has 1 aromatic rings. The first kappa shape index (κ1) is 14.2. The fourth-order valence-corrected chi connectivity index (χ4v) is 1.49. The highest BCUT2D eigenvalue weighted by molar-refractivity contribution is 5.87. The molecule has 2 atom stereocenters. The van der Waals surface area contributed by atoms with E-state index in [0.29, 0.717) is 6.42 Å². The highest BCUT2D eigenvalue weighted by atomic mass is 16.5. The van der Waals surface area contributed by atoms with Crippen LogP contribution < -0.4 is 11.1 Å². The van der Waals surface area contributed by atoms with Crippen molar-refractivity contribution in [2.75, 3.05) is 7.11 Å². The zero-order valence-electron chi connectivity index (χ0n) is 10.6. The van der Waals surface area contributed by atoms with Gasteiger partial charge in [-0.1, -0.05) is 30.3 Å². The highest BCUT2D eigenvalue weighted by Crippen LogP contribution is 2.04. The molecule has 0 aliphatic carbocycles. The van der Waals surface area contributed by atoms with Crippen LogP contribution in [-0.4, -0.2) is 31.1 Å². The third-order valence-electron chi connectivity index (χ3n) is 2.50. The summed E-state index contributed by atoms with van der Waals surface area (Å²) in [5, 5.41) is 2.58. The average Bonchev–Trinajstić information content (AvgIpc) is 2.38. The van der Waals surface area contributed by atoms with E-state index in [2.05, 4.69) is 10.1 Å². The second-order valence-electron chi connectivity index (χ2n) is 4.06. The van der Waals surface area contributed by atoms with Gasteiger partial charge in [0.25, 0.3) is 0 Å². The minimum Gasteiger partial charge on any atom is -0.467 e. The number of esters is 1. The summed E-state index contributed by atoms with van der Waals surface area (Å²) in [5.74, 6) is -0.853. The third-order valence-corrected chi connectivity index (χ3v) is 2.50. The molecule has 0 saturated heterocycles. The van der Waals surface area contributed by atoms with Crippen LogP contribution in [0.15, 0.2) is 30.3 Å². The van der Waals surface area contributed by atoms with Crippen LogP contribution in [0.5, 0.6) is 0 Å². The molecular formula is C13H18N2O3. The molecule has 0 aliphatic rings. The fraction of sp³-hybridized carbons (Fsp3) is 0.385. The van der Waals surface area contributed by atoms with E-state index in [-0.39, 0.29) is 5.91 Å². The lowest BCUT2D eigenvalue weighted by molar-refractivity contribution is -0.145. The lowest BCUT2D eigenvalue weighted by atomic mass is 10.1. The number of hydrogen-bond donors (Lipinski definition) is 2. The Kier molecular flexibility index (Phi) is 5.32. The van der Waals surface area contributed by atoms with Gasteiger partial charge >= 0.3 is 5.97 Å². The molecule has 98 valence electrons. The first-order valence-corrected chi connectivity index (χ1v) is 5.72. The van der Waals surface area contributed by atoms with Gasteiger partial charge < -0.3 is 15.8 Å². The number of hydrogen-bond acceptors (Lipinski definition) is 4. The molecule has 0 fully saturated rings. The SMILES string of the molecule is COC(=O)[C@H](Cc1ccccc1)NC(=O)C(C)N. The van der Waals surface area contributed by atoms with Gasteiger partial charge in [-0.25, -0.2) is 4.79 Å². The van der Waals surface area contributed by atoms with Gasteiger partial charge in [-0.05, 0) is 12.5 Å². The van der Waals surface area contributed by atoms with E-state index in [0.717, 1.165) is 5.56 Å². The van der Waals surface area contributed by atoms with E-state index in [1.165, 1.54) is 7.11 Å². The maximum atomic E-state index is 11.6. The van der Waals surface area contributed by atoms with Crippen molar-refractivity contribution in [1.29, 1.82) is 0 Å². The van der Waals surface area contributed by atoms with Crippen molar-refractivity contribution >= 4 is 11.9 Å². The van der Waals surface area contributed by atoms with Gasteiger partial charge in [0.05, 0.1) is 13.2 Å². The van der Waals surface area contributed by atoms with Crippen LogP contribution in [0, 0.1) is 0 Å². The zero-order chi connectivity index (χ0) is 13.5. The van der Waals surface area contributed by atoms with Crippen LogP contribution in [0.25, 0.3) is 0 Å². The van der Waals surface area contributed by atoms with E-state index >= 15 is 0 Å². The number of nitrogens with two attached hydrogens (primary N) is 1. The molecule has 0 aliphatic heterocycles. The average molecular weight is 250 g/mol. The van der Waals surface area contributed by atoms with E-state index in [1.54, 1.807) is 6.92 Å². The first-order valence-electron chi connectivity index (χ1n) is 5.72. The maximum absolute atomic E-state index is 11.6. The normalized spacial score (nSPS) is 13.5. The summed E-state index contributed by atoms with van der Waals surface area (Å²) in [6.45, 7) is 1.56. The summed E-state index contributed by atoms with van der Waals surface area (Å²) >= 11 is 0. The number of methoxy groups -OCH3 is 1. The summed E-state index contributed by atoms with van der Waals surface area (Å²) in [6, 6.07) is 8.02. The third kappa shape index (κ3) is 4.18. The lowest BCUT2D eigenvalue weighted by Crippen LogP contribution is -2.48. The Hall–Kier alpha value is -1.88. The van der Waals surface area contributed by atoms with E-state index < -0.39 is 18.1 Å². The Balaban J connectivity index is 2.73. The Bertz CT molecular complexity index is 404. The Morgan fingerprint density at radius 2 is 1.94 bits per heavy atom. The van der Waals surface area contributed by atoms with Gasteiger partial charge in [0, 0.05) is 6.42 Å². The molecule has 1 aromatic carbocycles. The van der Waals surface area contributed by atoms with Crippen molar-refractivity contribution in [3.63, 3.8) is 0 Å². The predicted molar refractivity (Wildman–Crippen MR) is 67.7 cm³/mol. The minimum absolute atomic E-state index is 0.374. The van der Waals surface area contributed by atoms with Gasteiger partial charge in [0.15, 0.2) is 0 Å². The fourth-order valence-electron chi connectivity index (χ4n) is 1.49. The van der Waals surface area contributed by atoms with Gasteiger partial charge in [0.1, 0.15) is 6.04 Å². The quantitative estimate of drug-likeness (QED) is 0.733. The molecule has 1 rings (SSSR count). The standard InChI is InChI=1S/C13H18N2O3/c1-9(14)12(16)15-11(13(17)18-2)8-10-6-4-3-5-7-10/h3-7,9,11H,8,14H2,1-2H3,(H,15,16)/t9?,11-/m0/s1. The molecule has 0 saturated carbocycles. The molecule has 3 N–H and O–H groups in total. The number of nitrogens with one attached hydrogen (secondary N) is 1. The van der Waals surface area contributed by atoms with Crippen LogP contribution in [0.2, 0.25) is 0 Å². The molecule has 5 nitrogen and oxygen atoms in total. The van der Waals surface area contributed by atoms with Gasteiger partial charge in [0.2, 0.25) is 5.91 Å². The van der Waals surface area contributed by atoms with E-state index in [1.807, 2.05) is 30.3 Å². The molecule has 1 amide bonds. The van der Waals surface area contributed by atoms with Crippen molar-refractivity contribution in [3.8, 4) is 0 Å². The molecule has 1 unspecified atom stereocenters. The van der Waals surface area contributed by atoms with Crippen molar-refractivity contribution < 1.29 is 14.3 Å². The lowest BCUT2D eigenvalue weighted by Gasteiger charge is -2.17. The minimum atomic E-state index is -0.712. The molecule has 0 aromatic heterocycles.